The van der Waals surface area contributed by atoms with Crippen molar-refractivity contribution in [3.05, 3.63) is 35.9 Å². The number of hydrogen-bond acceptors (Lipinski definition) is 2. The lowest BCUT2D eigenvalue weighted by molar-refractivity contribution is -0.186. The van der Waals surface area contributed by atoms with Crippen molar-refractivity contribution in [3.8, 4) is 0 Å². The van der Waals surface area contributed by atoms with Crippen LogP contribution in [-0.2, 0) is 5.66 Å². The van der Waals surface area contributed by atoms with Crippen molar-refractivity contribution in [1.82, 2.24) is 0 Å². The molecule has 0 fully saturated rings. The van der Waals surface area contributed by atoms with E-state index in [1.807, 2.05) is 0 Å². The molecule has 1 rings (SSSR count). The van der Waals surface area contributed by atoms with Crippen molar-refractivity contribution in [2.45, 2.75) is 11.8 Å². The Morgan fingerprint density at radius 3 is 2.00 bits per heavy atom. The highest BCUT2D eigenvalue weighted by molar-refractivity contribution is 5.33. The molecule has 0 saturated heterocycles. The first kappa shape index (κ1) is 10.7. The molecule has 1 aromatic rings. The molecule has 0 aliphatic carbocycles. The van der Waals surface area contributed by atoms with E-state index in [1.165, 1.54) is 24.3 Å². The Morgan fingerprint density at radius 1 is 1.14 bits per heavy atom. The summed E-state index contributed by atoms with van der Waals surface area (Å²) in [7, 11) is 0. The Morgan fingerprint density at radius 2 is 1.64 bits per heavy atom. The Bertz CT molecular complexity index is 321. The molecule has 14 heavy (non-hydrogen) atoms. The normalized spacial score (nSPS) is 16.0. The van der Waals surface area contributed by atoms with Crippen LogP contribution < -0.4 is 5.73 Å². The van der Waals surface area contributed by atoms with Crippen LogP contribution in [-0.4, -0.2) is 12.9 Å². The maximum Gasteiger partial charge on any atom is 0.431 e. The Kier molecular flexibility index (Phi) is 2.62. The lowest BCUT2D eigenvalue weighted by atomic mass is 10.0. The van der Waals surface area contributed by atoms with Gasteiger partial charge in [-0.15, -0.1) is 0 Å². The van der Waals surface area contributed by atoms with E-state index in [1.54, 1.807) is 6.07 Å². The number of halogens is 3. The highest BCUT2D eigenvalue weighted by atomic mass is 19.4. The van der Waals surface area contributed by atoms with E-state index >= 15 is 0 Å². The van der Waals surface area contributed by atoms with E-state index < -0.39 is 11.8 Å². The molecular weight excluding hydrogens is 193 g/mol. The van der Waals surface area contributed by atoms with Gasteiger partial charge in [0.15, 0.2) is 0 Å². The second-order valence-electron chi connectivity index (χ2n) is 2.79. The second kappa shape index (κ2) is 3.42. The van der Waals surface area contributed by atoms with Crippen molar-refractivity contribution >= 4 is 6.72 Å². The summed E-state index contributed by atoms with van der Waals surface area (Å²) in [5.41, 5.74) is 2.30. The topological polar surface area (TPSA) is 38.4 Å². The van der Waals surface area contributed by atoms with Gasteiger partial charge < -0.3 is 0 Å². The van der Waals surface area contributed by atoms with Crippen LogP contribution in [0.5, 0.6) is 0 Å². The monoisotopic (exact) mass is 202 g/mol. The number of aliphatic imine (C=N–C) groups is 1. The maximum absolute atomic E-state index is 12.5. The van der Waals surface area contributed by atoms with Crippen molar-refractivity contribution in [1.29, 1.82) is 0 Å². The summed E-state index contributed by atoms with van der Waals surface area (Å²) >= 11 is 0. The second-order valence-corrected chi connectivity index (χ2v) is 2.79. The van der Waals surface area contributed by atoms with Crippen LogP contribution in [0, 0.1) is 0 Å². The fourth-order valence-electron chi connectivity index (χ4n) is 1.04. The molecule has 0 aliphatic rings. The van der Waals surface area contributed by atoms with Gasteiger partial charge in [-0.1, -0.05) is 30.3 Å². The van der Waals surface area contributed by atoms with Crippen molar-refractivity contribution in [2.75, 3.05) is 0 Å². The molecule has 0 saturated carbocycles. The quantitative estimate of drug-likeness (QED) is 0.732. The van der Waals surface area contributed by atoms with E-state index in [9.17, 15) is 13.2 Å². The Labute approximate surface area is 79.3 Å². The number of alkyl halides is 3. The third-order valence-corrected chi connectivity index (χ3v) is 1.90. The zero-order valence-electron chi connectivity index (χ0n) is 7.25. The average molecular weight is 202 g/mol. The third kappa shape index (κ3) is 1.63. The summed E-state index contributed by atoms with van der Waals surface area (Å²) in [5, 5.41) is 0. The lowest BCUT2D eigenvalue weighted by Gasteiger charge is -2.27. The van der Waals surface area contributed by atoms with Gasteiger partial charge in [-0.25, -0.2) is 0 Å². The fraction of sp³-hybridized carbons (Fsp3) is 0.222. The minimum Gasteiger partial charge on any atom is -0.296 e. The van der Waals surface area contributed by atoms with Gasteiger partial charge in [0.2, 0.25) is 5.66 Å². The summed E-state index contributed by atoms with van der Waals surface area (Å²) in [6.45, 7) is 2.88. The summed E-state index contributed by atoms with van der Waals surface area (Å²) in [4.78, 5) is 2.96. The maximum atomic E-state index is 12.5. The first-order valence-electron chi connectivity index (χ1n) is 3.81. The standard InChI is InChI=1S/C9H9F3N2/c1-14-8(13,9(10,11)12)7-5-3-2-4-6-7/h2-6H,1,13H2. The zero-order valence-corrected chi connectivity index (χ0v) is 7.25. The zero-order chi connectivity index (χ0) is 10.8. The Hall–Kier alpha value is -1.36. The van der Waals surface area contributed by atoms with Gasteiger partial charge in [-0.3, -0.25) is 10.7 Å². The van der Waals surface area contributed by atoms with E-state index in [2.05, 4.69) is 11.7 Å². The summed E-state index contributed by atoms with van der Waals surface area (Å²) < 4.78 is 37.6. The summed E-state index contributed by atoms with van der Waals surface area (Å²) in [6.07, 6.45) is -4.64. The molecule has 1 aromatic carbocycles. The van der Waals surface area contributed by atoms with Crippen LogP contribution in [0.4, 0.5) is 13.2 Å². The predicted octanol–water partition coefficient (Wildman–Crippen LogP) is 2.06. The number of hydrogen-bond donors (Lipinski definition) is 1. The van der Waals surface area contributed by atoms with Crippen LogP contribution in [0.15, 0.2) is 35.3 Å². The molecule has 0 spiro atoms. The average Bonchev–Trinajstić information content (AvgIpc) is 2.16. The summed E-state index contributed by atoms with van der Waals surface area (Å²) in [5.74, 6) is 0. The SMILES string of the molecule is C=NC(N)(c1ccccc1)C(F)(F)F. The van der Waals surface area contributed by atoms with E-state index in [4.69, 9.17) is 5.73 Å². The van der Waals surface area contributed by atoms with Crippen LogP contribution in [0.25, 0.3) is 0 Å². The minimum atomic E-state index is -4.64. The smallest absolute Gasteiger partial charge is 0.296 e. The number of rotatable bonds is 2. The third-order valence-electron chi connectivity index (χ3n) is 1.90. The lowest BCUT2D eigenvalue weighted by Crippen LogP contribution is -2.48. The molecule has 5 heteroatoms. The molecule has 0 bridgehead atoms. The number of nitrogens with zero attached hydrogens (tertiary/aromatic N) is 1. The van der Waals surface area contributed by atoms with Gasteiger partial charge in [-0.2, -0.15) is 13.2 Å². The molecule has 2 nitrogen and oxygen atoms in total. The van der Waals surface area contributed by atoms with Gasteiger partial charge in [-0.05, 0) is 6.72 Å². The summed E-state index contributed by atoms with van der Waals surface area (Å²) in [6, 6.07) is 7.06. The largest absolute Gasteiger partial charge is 0.431 e. The van der Waals surface area contributed by atoms with Crippen LogP contribution >= 0.6 is 0 Å². The van der Waals surface area contributed by atoms with E-state index in [0.29, 0.717) is 0 Å². The van der Waals surface area contributed by atoms with Gasteiger partial charge in [0.1, 0.15) is 0 Å². The highest BCUT2D eigenvalue weighted by Crippen LogP contribution is 2.37. The molecule has 1 atom stereocenters. The first-order chi connectivity index (χ1) is 6.42. The number of benzene rings is 1. The first-order valence-corrected chi connectivity index (χ1v) is 3.81. The van der Waals surface area contributed by atoms with Crippen LogP contribution in [0.1, 0.15) is 5.56 Å². The van der Waals surface area contributed by atoms with Crippen molar-refractivity contribution in [3.63, 3.8) is 0 Å². The fourth-order valence-corrected chi connectivity index (χ4v) is 1.04. The highest BCUT2D eigenvalue weighted by Gasteiger charge is 2.52. The molecule has 0 aromatic heterocycles. The van der Waals surface area contributed by atoms with Gasteiger partial charge >= 0.3 is 6.18 Å². The Balaban J connectivity index is 3.22. The van der Waals surface area contributed by atoms with Crippen LogP contribution in [0.2, 0.25) is 0 Å². The molecule has 0 radical (unpaired) electrons. The van der Waals surface area contributed by atoms with Gasteiger partial charge in [0, 0.05) is 5.56 Å². The van der Waals surface area contributed by atoms with Gasteiger partial charge in [0.05, 0.1) is 0 Å². The van der Waals surface area contributed by atoms with E-state index in [-0.39, 0.29) is 5.56 Å². The molecule has 76 valence electrons. The molecule has 0 amide bonds. The molecule has 0 heterocycles. The molecule has 0 aliphatic heterocycles. The molecular formula is C9H9F3N2. The van der Waals surface area contributed by atoms with Gasteiger partial charge in [0.25, 0.3) is 0 Å². The molecule has 2 N–H and O–H groups in total. The van der Waals surface area contributed by atoms with Crippen molar-refractivity contribution < 1.29 is 13.2 Å². The van der Waals surface area contributed by atoms with Crippen molar-refractivity contribution in [2.24, 2.45) is 10.7 Å². The van der Waals surface area contributed by atoms with E-state index in [0.717, 1.165) is 0 Å². The predicted molar refractivity (Wildman–Crippen MR) is 47.9 cm³/mol. The van der Waals surface area contributed by atoms with Crippen LogP contribution in [0.3, 0.4) is 0 Å². The molecule has 1 unspecified atom stereocenters. The minimum absolute atomic E-state index is 0.123. The number of nitrogens with two attached hydrogens (primary N) is 1.